The molecule has 1 aliphatic heterocycles. The molecule has 0 aliphatic carbocycles. The lowest BCUT2D eigenvalue weighted by Gasteiger charge is -2.43. The Balaban J connectivity index is 2.38. The van der Waals surface area contributed by atoms with E-state index >= 15 is 0 Å². The summed E-state index contributed by atoms with van der Waals surface area (Å²) >= 11 is 0. The van der Waals surface area contributed by atoms with Gasteiger partial charge in [0.2, 0.25) is 0 Å². The Morgan fingerprint density at radius 1 is 1.32 bits per heavy atom. The third-order valence-corrected chi connectivity index (χ3v) is 4.02. The topological polar surface area (TPSA) is 32.5 Å². The number of likely N-dealkylation sites (N-methyl/N-ethyl adjacent to an activating group) is 1. The summed E-state index contributed by atoms with van der Waals surface area (Å²) in [5, 5.41) is 0. The van der Waals surface area contributed by atoms with Crippen molar-refractivity contribution < 1.29 is 4.39 Å². The van der Waals surface area contributed by atoms with E-state index in [0.29, 0.717) is 6.54 Å². The van der Waals surface area contributed by atoms with Crippen LogP contribution in [0.25, 0.3) is 0 Å². The van der Waals surface area contributed by atoms with Crippen LogP contribution in [-0.4, -0.2) is 43.2 Å². The number of nitrogens with two attached hydrogens (primary N) is 1. The molecule has 0 amide bonds. The van der Waals surface area contributed by atoms with Crippen LogP contribution >= 0.6 is 0 Å². The lowest BCUT2D eigenvalue weighted by Crippen LogP contribution is -2.54. The first-order chi connectivity index (χ1) is 8.94. The predicted octanol–water partition coefficient (Wildman–Crippen LogP) is 2.07. The molecule has 1 saturated heterocycles. The Kier molecular flexibility index (Phi) is 4.11. The molecule has 1 aliphatic rings. The van der Waals surface area contributed by atoms with Crippen molar-refractivity contribution in [2.75, 3.05) is 31.6 Å². The Morgan fingerprint density at radius 2 is 1.95 bits per heavy atom. The van der Waals surface area contributed by atoms with Gasteiger partial charge in [0.1, 0.15) is 5.82 Å². The Hall–Kier alpha value is -1.13. The number of anilines is 1. The molecule has 0 saturated carbocycles. The summed E-state index contributed by atoms with van der Waals surface area (Å²) in [5.74, 6) is -0.196. The molecule has 1 aromatic carbocycles. The van der Waals surface area contributed by atoms with E-state index in [-0.39, 0.29) is 17.4 Å². The number of rotatable bonds is 2. The summed E-state index contributed by atoms with van der Waals surface area (Å²) in [6.07, 6.45) is 1.07. The Morgan fingerprint density at radius 3 is 2.53 bits per heavy atom. The fraction of sp³-hybridized carbons (Fsp3) is 0.600. The third kappa shape index (κ3) is 3.07. The second-order valence-corrected chi connectivity index (χ2v) is 6.06. The molecule has 19 heavy (non-hydrogen) atoms. The van der Waals surface area contributed by atoms with Crippen LogP contribution in [0.5, 0.6) is 0 Å². The van der Waals surface area contributed by atoms with Crippen molar-refractivity contribution in [2.24, 2.45) is 5.73 Å². The smallest absolute Gasteiger partial charge is 0.123 e. The van der Waals surface area contributed by atoms with E-state index in [2.05, 4.69) is 30.7 Å². The second kappa shape index (κ2) is 5.47. The average molecular weight is 265 g/mol. The summed E-state index contributed by atoms with van der Waals surface area (Å²) in [5.41, 5.74) is 7.04. The largest absolute Gasteiger partial charge is 0.361 e. The molecular formula is C15H24FN3. The minimum absolute atomic E-state index is 0.0205. The van der Waals surface area contributed by atoms with Crippen molar-refractivity contribution in [3.8, 4) is 0 Å². The number of hydrogen-bond acceptors (Lipinski definition) is 3. The van der Waals surface area contributed by atoms with Gasteiger partial charge in [0.05, 0.1) is 6.04 Å². The lowest BCUT2D eigenvalue weighted by molar-refractivity contribution is 0.329. The van der Waals surface area contributed by atoms with Crippen LogP contribution in [-0.2, 0) is 0 Å². The predicted molar refractivity (Wildman–Crippen MR) is 77.9 cm³/mol. The van der Waals surface area contributed by atoms with Crippen LogP contribution in [0.15, 0.2) is 24.3 Å². The molecule has 4 heteroatoms. The maximum absolute atomic E-state index is 13.1. The molecule has 0 spiro atoms. The molecule has 0 aromatic heterocycles. The number of halogens is 1. The van der Waals surface area contributed by atoms with Crippen molar-refractivity contribution >= 4 is 5.69 Å². The summed E-state index contributed by atoms with van der Waals surface area (Å²) in [6.45, 7) is 7.07. The van der Waals surface area contributed by atoms with E-state index in [1.54, 1.807) is 0 Å². The van der Waals surface area contributed by atoms with Gasteiger partial charge >= 0.3 is 0 Å². The van der Waals surface area contributed by atoms with Gasteiger partial charge in [-0.3, -0.25) is 0 Å². The van der Waals surface area contributed by atoms with Crippen molar-refractivity contribution in [3.63, 3.8) is 0 Å². The highest BCUT2D eigenvalue weighted by Crippen LogP contribution is 2.31. The highest BCUT2D eigenvalue weighted by molar-refractivity contribution is 5.50. The van der Waals surface area contributed by atoms with Crippen LogP contribution < -0.4 is 10.6 Å². The summed E-state index contributed by atoms with van der Waals surface area (Å²) in [4.78, 5) is 4.68. The zero-order valence-electron chi connectivity index (χ0n) is 12.1. The van der Waals surface area contributed by atoms with Crippen LogP contribution in [0.2, 0.25) is 0 Å². The van der Waals surface area contributed by atoms with Crippen LogP contribution in [0.3, 0.4) is 0 Å². The molecule has 3 nitrogen and oxygen atoms in total. The standard InChI is InChI=1S/C15H24FN3/c1-15(2)8-9-18(3)11-14(10-17)19(15)13-6-4-12(16)5-7-13/h4-7,14H,8-11,17H2,1-3H3. The number of nitrogens with zero attached hydrogens (tertiary/aromatic N) is 2. The zero-order chi connectivity index (χ0) is 14.0. The van der Waals surface area contributed by atoms with Crippen LogP contribution in [0.1, 0.15) is 20.3 Å². The molecule has 1 heterocycles. The van der Waals surface area contributed by atoms with Crippen molar-refractivity contribution in [3.05, 3.63) is 30.1 Å². The molecule has 2 N–H and O–H groups in total. The molecule has 1 aromatic rings. The fourth-order valence-corrected chi connectivity index (χ4v) is 2.95. The van der Waals surface area contributed by atoms with Gasteiger partial charge in [-0.1, -0.05) is 0 Å². The van der Waals surface area contributed by atoms with Gasteiger partial charge in [0.25, 0.3) is 0 Å². The molecule has 0 radical (unpaired) electrons. The van der Waals surface area contributed by atoms with Crippen LogP contribution in [0, 0.1) is 5.82 Å². The van der Waals surface area contributed by atoms with E-state index in [4.69, 9.17) is 5.73 Å². The second-order valence-electron chi connectivity index (χ2n) is 6.06. The van der Waals surface area contributed by atoms with Crippen molar-refractivity contribution in [2.45, 2.75) is 31.8 Å². The first-order valence-electron chi connectivity index (χ1n) is 6.87. The van der Waals surface area contributed by atoms with Crippen molar-refractivity contribution in [1.82, 2.24) is 4.90 Å². The molecule has 1 unspecified atom stereocenters. The van der Waals surface area contributed by atoms with E-state index in [0.717, 1.165) is 25.2 Å². The average Bonchev–Trinajstić information content (AvgIpc) is 2.48. The van der Waals surface area contributed by atoms with Gasteiger partial charge in [-0.05, 0) is 51.6 Å². The van der Waals surface area contributed by atoms with Crippen molar-refractivity contribution in [1.29, 1.82) is 0 Å². The number of benzene rings is 1. The quantitative estimate of drug-likeness (QED) is 0.888. The highest BCUT2D eigenvalue weighted by atomic mass is 19.1. The van der Waals surface area contributed by atoms with E-state index < -0.39 is 0 Å². The third-order valence-electron chi connectivity index (χ3n) is 4.02. The molecular weight excluding hydrogens is 241 g/mol. The van der Waals surface area contributed by atoms with E-state index in [1.807, 2.05) is 12.1 Å². The summed E-state index contributed by atoms with van der Waals surface area (Å²) in [6, 6.07) is 7.00. The highest BCUT2D eigenvalue weighted by Gasteiger charge is 2.35. The first kappa shape index (κ1) is 14.3. The van der Waals surface area contributed by atoms with Gasteiger partial charge in [0, 0.05) is 30.9 Å². The SMILES string of the molecule is CN1CCC(C)(C)N(c2ccc(F)cc2)C(CN)C1. The summed E-state index contributed by atoms with van der Waals surface area (Å²) in [7, 11) is 2.13. The van der Waals surface area contributed by atoms with Gasteiger partial charge in [-0.25, -0.2) is 4.39 Å². The van der Waals surface area contributed by atoms with E-state index in [1.165, 1.54) is 12.1 Å². The normalized spacial score (nSPS) is 24.3. The van der Waals surface area contributed by atoms with Gasteiger partial charge in [0.15, 0.2) is 0 Å². The minimum atomic E-state index is -0.196. The maximum Gasteiger partial charge on any atom is 0.123 e. The number of hydrogen-bond donors (Lipinski definition) is 1. The Labute approximate surface area is 115 Å². The monoisotopic (exact) mass is 265 g/mol. The fourth-order valence-electron chi connectivity index (χ4n) is 2.95. The first-order valence-corrected chi connectivity index (χ1v) is 6.87. The lowest BCUT2D eigenvalue weighted by atomic mass is 9.95. The molecule has 1 atom stereocenters. The molecule has 0 bridgehead atoms. The van der Waals surface area contributed by atoms with E-state index in [9.17, 15) is 4.39 Å². The van der Waals surface area contributed by atoms with Gasteiger partial charge in [-0.2, -0.15) is 0 Å². The zero-order valence-corrected chi connectivity index (χ0v) is 12.1. The van der Waals surface area contributed by atoms with Gasteiger partial charge in [-0.15, -0.1) is 0 Å². The molecule has 2 rings (SSSR count). The minimum Gasteiger partial charge on any atom is -0.361 e. The summed E-state index contributed by atoms with van der Waals surface area (Å²) < 4.78 is 13.1. The maximum atomic E-state index is 13.1. The molecule has 106 valence electrons. The Bertz CT molecular complexity index is 416. The molecule has 1 fully saturated rings. The van der Waals surface area contributed by atoms with Crippen LogP contribution in [0.4, 0.5) is 10.1 Å². The van der Waals surface area contributed by atoms with Gasteiger partial charge < -0.3 is 15.5 Å².